The molecule has 73 heavy (non-hydrogen) atoms. The Morgan fingerprint density at radius 2 is 1.21 bits per heavy atom. The number of amides is 2. The van der Waals surface area contributed by atoms with Crippen LogP contribution in [0.25, 0.3) is 21.8 Å². The predicted octanol–water partition coefficient (Wildman–Crippen LogP) is 8.67. The molecule has 1 N–H and O–H groups in total. The highest BCUT2D eigenvalue weighted by Gasteiger charge is 2.38. The zero-order valence-electron chi connectivity index (χ0n) is 43.1. The van der Waals surface area contributed by atoms with Crippen molar-refractivity contribution in [3.05, 3.63) is 120 Å². The zero-order chi connectivity index (χ0) is 51.1. The van der Waals surface area contributed by atoms with Gasteiger partial charge in [-0.2, -0.15) is 0 Å². The van der Waals surface area contributed by atoms with E-state index in [9.17, 15) is 9.59 Å². The fourth-order valence-electron chi connectivity index (χ4n) is 9.96. The molecule has 2 saturated heterocycles. The van der Waals surface area contributed by atoms with Crippen molar-refractivity contribution in [2.75, 3.05) is 73.9 Å². The largest absolute Gasteiger partial charge is 0.493 e. The molecule has 0 bridgehead atoms. The second kappa shape index (κ2) is 22.6. The molecule has 0 unspecified atom stereocenters. The molecule has 0 saturated carbocycles. The van der Waals surface area contributed by atoms with Crippen molar-refractivity contribution in [3.8, 4) is 34.5 Å². The van der Waals surface area contributed by atoms with Gasteiger partial charge in [0.05, 0.1) is 69.6 Å². The van der Waals surface area contributed by atoms with Crippen LogP contribution in [-0.2, 0) is 22.6 Å². The molecule has 0 spiro atoms. The number of pyridine rings is 2. The smallest absolute Gasteiger partial charge is 0.254 e. The van der Waals surface area contributed by atoms with Crippen LogP contribution in [0.1, 0.15) is 85.5 Å². The SMILES string of the molecule is COCCOCCN1CCC[C@H]1CN(Cc1ccc2ccccc2n1)C(=O)c1cc(OC)c2c(c1)OC(C)(C)O2.COc1cc(C(=O)N(Cc2ccc3ccccc3n2)C[C@@H]2CCCN2)cc2c1OC(C)(C)O2. The van der Waals surface area contributed by atoms with Gasteiger partial charge in [0.15, 0.2) is 23.0 Å². The number of likely N-dealkylation sites (tertiary alicyclic amines) is 1. The first-order valence-corrected chi connectivity index (χ1v) is 25.3. The number of carbonyl (C=O) groups is 2. The van der Waals surface area contributed by atoms with Gasteiger partial charge in [-0.15, -0.1) is 0 Å². The normalized spacial score (nSPS) is 18.1. The van der Waals surface area contributed by atoms with Gasteiger partial charge in [0, 0.05) is 88.4 Å². The molecule has 2 amide bonds. The average molecular weight is 997 g/mol. The number of benzene rings is 4. The molecule has 2 atom stereocenters. The summed E-state index contributed by atoms with van der Waals surface area (Å²) >= 11 is 0. The molecule has 2 aromatic heterocycles. The highest BCUT2D eigenvalue weighted by Crippen LogP contribution is 2.48. The van der Waals surface area contributed by atoms with Gasteiger partial charge in [0.25, 0.3) is 11.8 Å². The minimum absolute atomic E-state index is 0.0898. The van der Waals surface area contributed by atoms with Crippen LogP contribution >= 0.6 is 0 Å². The Labute approximate surface area is 427 Å². The summed E-state index contributed by atoms with van der Waals surface area (Å²) in [5.41, 5.74) is 4.53. The van der Waals surface area contributed by atoms with Gasteiger partial charge in [-0.05, 0) is 87.3 Å². The number of hydrogen-bond donors (Lipinski definition) is 1. The molecule has 4 aliphatic heterocycles. The highest BCUT2D eigenvalue weighted by molar-refractivity contribution is 5.96. The maximum Gasteiger partial charge on any atom is 0.254 e. The first kappa shape index (κ1) is 51.2. The summed E-state index contributed by atoms with van der Waals surface area (Å²) in [6.45, 7) is 13.9. The van der Waals surface area contributed by atoms with Gasteiger partial charge in [-0.3, -0.25) is 24.5 Å². The number of methoxy groups -OCH3 is 3. The van der Waals surface area contributed by atoms with Crippen LogP contribution in [-0.4, -0.2) is 134 Å². The van der Waals surface area contributed by atoms with Crippen molar-refractivity contribution in [2.24, 2.45) is 0 Å². The molecule has 2 fully saturated rings. The average Bonchev–Trinajstić information content (AvgIpc) is 4.20. The second-order valence-corrected chi connectivity index (χ2v) is 19.8. The number of fused-ring (bicyclic) bond motifs is 4. The quantitative estimate of drug-likeness (QED) is 0.0817. The lowest BCUT2D eigenvalue weighted by atomic mass is 10.1. The van der Waals surface area contributed by atoms with Crippen LogP contribution in [0.15, 0.2) is 97.1 Å². The molecule has 0 aliphatic carbocycles. The van der Waals surface area contributed by atoms with Crippen molar-refractivity contribution in [1.29, 1.82) is 0 Å². The first-order chi connectivity index (χ1) is 35.3. The number of carbonyl (C=O) groups excluding carboxylic acids is 2. The van der Waals surface area contributed by atoms with E-state index in [0.29, 0.717) is 91.6 Å². The fraction of sp³-hybridized carbons (Fsp3) is 0.439. The van der Waals surface area contributed by atoms with Crippen molar-refractivity contribution < 1.29 is 47.5 Å². The standard InChI is InChI=1S/C31H39N3O6.C26H29N3O4/c1-31(2)39-28-19-23(18-27(37-4)29(28)40-31)30(35)34(20-24-12-11-22-8-5-6-10-26(22)32-24)21-25-9-7-13-33(25)14-15-38-17-16-36-3;1-26(2)32-23-14-18(13-22(31-3)24(23)33-26)25(30)29(15-19-8-6-12-27-19)16-20-11-10-17-7-4-5-9-21(17)28-20/h5-6,8,10-12,18-19,25H,7,9,13-17,20-21H2,1-4H3;4-5,7,9-11,13-14,19,27H,6,8,12,15-16H2,1-3H3/t25-;19-/m00/s1. The van der Waals surface area contributed by atoms with E-state index in [2.05, 4.69) is 22.3 Å². The third-order valence-electron chi connectivity index (χ3n) is 13.5. The van der Waals surface area contributed by atoms with Crippen molar-refractivity contribution in [1.82, 2.24) is 30.0 Å². The molecule has 4 aliphatic rings. The van der Waals surface area contributed by atoms with Gasteiger partial charge in [-0.25, -0.2) is 0 Å². The minimum Gasteiger partial charge on any atom is -0.493 e. The molecule has 16 nitrogen and oxygen atoms in total. The maximum absolute atomic E-state index is 14.2. The van der Waals surface area contributed by atoms with Crippen LogP contribution in [0.3, 0.4) is 0 Å². The summed E-state index contributed by atoms with van der Waals surface area (Å²) in [4.78, 5) is 43.7. The highest BCUT2D eigenvalue weighted by atomic mass is 16.7. The molecule has 16 heteroatoms. The van der Waals surface area contributed by atoms with Gasteiger partial charge in [-0.1, -0.05) is 48.5 Å². The summed E-state index contributed by atoms with van der Waals surface area (Å²) < 4.78 is 45.6. The number of rotatable bonds is 18. The van der Waals surface area contributed by atoms with E-state index in [1.54, 1.807) is 45.6 Å². The lowest BCUT2D eigenvalue weighted by Gasteiger charge is -2.31. The number of nitrogens with one attached hydrogen (secondary N) is 1. The monoisotopic (exact) mass is 996 g/mol. The Bertz CT molecular complexity index is 2910. The van der Waals surface area contributed by atoms with Crippen molar-refractivity contribution >= 4 is 33.6 Å². The van der Waals surface area contributed by atoms with E-state index < -0.39 is 11.6 Å². The number of aromatic nitrogens is 2. The van der Waals surface area contributed by atoms with Crippen LogP contribution < -0.4 is 33.7 Å². The number of hydrogen-bond acceptors (Lipinski definition) is 14. The van der Waals surface area contributed by atoms with E-state index in [-0.39, 0.29) is 23.9 Å². The molecule has 6 aromatic rings. The van der Waals surface area contributed by atoms with E-state index in [1.807, 2.05) is 98.2 Å². The van der Waals surface area contributed by atoms with Gasteiger partial charge < -0.3 is 53.0 Å². The van der Waals surface area contributed by atoms with Crippen molar-refractivity contribution in [3.63, 3.8) is 0 Å². The predicted molar refractivity (Wildman–Crippen MR) is 278 cm³/mol. The molecule has 6 heterocycles. The third-order valence-corrected chi connectivity index (χ3v) is 13.5. The zero-order valence-corrected chi connectivity index (χ0v) is 43.1. The Kier molecular flexibility index (Phi) is 15.8. The molecule has 4 aromatic carbocycles. The summed E-state index contributed by atoms with van der Waals surface area (Å²) in [6.07, 6.45) is 4.28. The van der Waals surface area contributed by atoms with Crippen LogP contribution in [0.2, 0.25) is 0 Å². The number of ether oxygens (including phenoxy) is 8. The van der Waals surface area contributed by atoms with E-state index in [0.717, 1.165) is 78.5 Å². The van der Waals surface area contributed by atoms with Gasteiger partial charge in [0.2, 0.25) is 23.1 Å². The summed E-state index contributed by atoms with van der Waals surface area (Å²) in [5.74, 6) is 1.20. The molecular formula is C57H68N6O10. The lowest BCUT2D eigenvalue weighted by molar-refractivity contribution is -0.0445. The third kappa shape index (κ3) is 12.4. The first-order valence-electron chi connectivity index (χ1n) is 25.3. The van der Waals surface area contributed by atoms with Gasteiger partial charge >= 0.3 is 0 Å². The molecular weight excluding hydrogens is 929 g/mol. The summed E-state index contributed by atoms with van der Waals surface area (Å²) in [6, 6.07) is 31.6. The second-order valence-electron chi connectivity index (χ2n) is 19.8. The Hall–Kier alpha value is -6.72. The maximum atomic E-state index is 14.2. The molecule has 10 rings (SSSR count). The van der Waals surface area contributed by atoms with E-state index in [1.165, 1.54) is 0 Å². The lowest BCUT2D eigenvalue weighted by Crippen LogP contribution is -2.44. The minimum atomic E-state index is -0.832. The van der Waals surface area contributed by atoms with Crippen LogP contribution in [0.4, 0.5) is 0 Å². The Morgan fingerprint density at radius 1 is 0.658 bits per heavy atom. The number of nitrogens with zero attached hydrogens (tertiary/aromatic N) is 5. The van der Waals surface area contributed by atoms with E-state index >= 15 is 0 Å². The molecule has 386 valence electrons. The molecule has 0 radical (unpaired) electrons. The topological polar surface area (TPSA) is 156 Å². The van der Waals surface area contributed by atoms with Gasteiger partial charge in [0.1, 0.15) is 0 Å². The van der Waals surface area contributed by atoms with Crippen molar-refractivity contribution in [2.45, 2.75) is 90.1 Å². The number of para-hydroxylation sites is 2. The summed E-state index contributed by atoms with van der Waals surface area (Å²) in [5, 5.41) is 5.66. The summed E-state index contributed by atoms with van der Waals surface area (Å²) in [7, 11) is 4.81. The van der Waals surface area contributed by atoms with Crippen LogP contribution in [0, 0.1) is 0 Å². The fourth-order valence-corrected chi connectivity index (χ4v) is 9.96. The Balaban J connectivity index is 0.000000183. The Morgan fingerprint density at radius 3 is 1.73 bits per heavy atom. The van der Waals surface area contributed by atoms with E-state index in [4.69, 9.17) is 47.9 Å². The van der Waals surface area contributed by atoms with Crippen LogP contribution in [0.5, 0.6) is 34.5 Å².